The van der Waals surface area contributed by atoms with Crippen LogP contribution in [-0.2, 0) is 14.0 Å². The van der Waals surface area contributed by atoms with E-state index in [0.29, 0.717) is 0 Å². The Labute approximate surface area is 231 Å². The van der Waals surface area contributed by atoms with Gasteiger partial charge in [0.15, 0.2) is 0 Å². The summed E-state index contributed by atoms with van der Waals surface area (Å²) in [7, 11) is 1.02. The predicted octanol–water partition coefficient (Wildman–Crippen LogP) is 6.56. The monoisotopic (exact) mass is 525 g/mol. The summed E-state index contributed by atoms with van der Waals surface area (Å²) in [6.45, 7) is 10.5. The Morgan fingerprint density at radius 1 is 0.949 bits per heavy atom. The highest BCUT2D eigenvalue weighted by Gasteiger charge is 2.52. The zero-order chi connectivity index (χ0) is 27.8. The van der Waals surface area contributed by atoms with Crippen molar-refractivity contribution in [1.29, 1.82) is 0 Å². The molecule has 0 unspecified atom stereocenters. The van der Waals surface area contributed by atoms with E-state index in [1.165, 1.54) is 22.3 Å². The molecule has 0 saturated carbocycles. The largest absolute Gasteiger partial charge is 0.496 e. The predicted molar refractivity (Wildman–Crippen MR) is 155 cm³/mol. The number of hydrogen-bond donors (Lipinski definition) is 1. The van der Waals surface area contributed by atoms with Crippen molar-refractivity contribution in [3.05, 3.63) is 94.5 Å². The lowest BCUT2D eigenvalue weighted by molar-refractivity contribution is 0.00578. The summed E-state index contributed by atoms with van der Waals surface area (Å²) in [6.07, 6.45) is 1.47. The first-order chi connectivity index (χ1) is 18.6. The van der Waals surface area contributed by atoms with Crippen molar-refractivity contribution in [2.75, 3.05) is 20.3 Å². The Morgan fingerprint density at radius 2 is 1.54 bits per heavy atom. The molecule has 1 N–H and O–H groups in total. The van der Waals surface area contributed by atoms with Crippen LogP contribution in [0.5, 0.6) is 5.75 Å². The Kier molecular flexibility index (Phi) is 7.32. The minimum atomic E-state index is -0.630. The van der Waals surface area contributed by atoms with Crippen LogP contribution in [0.25, 0.3) is 17.2 Å². The van der Waals surface area contributed by atoms with E-state index >= 15 is 0 Å². The van der Waals surface area contributed by atoms with E-state index in [-0.39, 0.29) is 19.1 Å². The molecule has 7 heteroatoms. The molecule has 3 aromatic carbocycles. The second-order valence-corrected chi connectivity index (χ2v) is 11.2. The first-order valence-corrected chi connectivity index (χ1v) is 13.4. The maximum atomic E-state index is 13.0. The Hall–Kier alpha value is -3.55. The number of rotatable bonds is 7. The Bertz CT molecular complexity index is 1350. The molecule has 1 aliphatic heterocycles. The molecule has 3 aromatic rings. The minimum Gasteiger partial charge on any atom is -0.496 e. The molecule has 0 aromatic heterocycles. The van der Waals surface area contributed by atoms with Crippen LogP contribution in [0, 0.1) is 6.92 Å². The number of benzene rings is 3. The fourth-order valence-corrected chi connectivity index (χ4v) is 5.16. The van der Waals surface area contributed by atoms with Gasteiger partial charge in [0, 0.05) is 18.0 Å². The van der Waals surface area contributed by atoms with Gasteiger partial charge in [-0.3, -0.25) is 0 Å². The third-order valence-electron chi connectivity index (χ3n) is 8.07. The van der Waals surface area contributed by atoms with Crippen LogP contribution >= 0.6 is 0 Å². The third-order valence-corrected chi connectivity index (χ3v) is 8.07. The molecule has 1 saturated heterocycles. The topological polar surface area (TPSA) is 66.0 Å². The van der Waals surface area contributed by atoms with Crippen molar-refractivity contribution in [2.24, 2.45) is 0 Å². The third kappa shape index (κ3) is 5.34. The van der Waals surface area contributed by atoms with Crippen molar-refractivity contribution in [3.63, 3.8) is 0 Å². The van der Waals surface area contributed by atoms with Gasteiger partial charge in [-0.1, -0.05) is 66.7 Å². The van der Waals surface area contributed by atoms with E-state index in [9.17, 15) is 4.79 Å². The molecule has 1 fully saturated rings. The van der Waals surface area contributed by atoms with E-state index in [2.05, 4.69) is 29.6 Å². The number of aryl methyl sites for hydroxylation is 1. The zero-order valence-corrected chi connectivity index (χ0v) is 23.5. The van der Waals surface area contributed by atoms with Gasteiger partial charge in [-0.15, -0.1) is 0 Å². The second-order valence-electron chi connectivity index (χ2n) is 11.2. The van der Waals surface area contributed by atoms with Crippen LogP contribution < -0.4 is 10.1 Å². The van der Waals surface area contributed by atoms with Gasteiger partial charge in [0.2, 0.25) is 0 Å². The molecule has 0 atom stereocenters. The quantitative estimate of drug-likeness (QED) is 0.354. The van der Waals surface area contributed by atoms with Gasteiger partial charge in [0.05, 0.1) is 18.3 Å². The molecule has 0 spiro atoms. The molecule has 202 valence electrons. The normalized spacial score (nSPS) is 17.5. The summed E-state index contributed by atoms with van der Waals surface area (Å²) in [5.74, 6) is 0.739. The van der Waals surface area contributed by atoms with E-state index in [4.69, 9.17) is 18.8 Å². The highest BCUT2D eigenvalue weighted by Crippen LogP contribution is 2.44. The number of carbonyl (C=O) groups is 1. The van der Waals surface area contributed by atoms with Gasteiger partial charge >= 0.3 is 13.2 Å². The average molecular weight is 525 g/mol. The summed E-state index contributed by atoms with van der Waals surface area (Å²) < 4.78 is 24.0. The molecule has 39 heavy (non-hydrogen) atoms. The van der Waals surface area contributed by atoms with Gasteiger partial charge in [-0.2, -0.15) is 0 Å². The number of nitrogens with one attached hydrogen (secondary N) is 1. The van der Waals surface area contributed by atoms with Crippen LogP contribution in [0.3, 0.4) is 0 Å². The molecule has 5 rings (SSSR count). The number of amides is 1. The van der Waals surface area contributed by atoms with Crippen molar-refractivity contribution < 1.29 is 23.6 Å². The Balaban J connectivity index is 1.32. The fourth-order valence-electron chi connectivity index (χ4n) is 5.16. The molecule has 1 amide bonds. The molecular weight excluding hydrogens is 489 g/mol. The van der Waals surface area contributed by atoms with Crippen LogP contribution in [0.1, 0.15) is 55.9 Å². The lowest BCUT2D eigenvalue weighted by Crippen LogP contribution is -2.41. The number of methoxy groups -OCH3 is 1. The molecule has 0 bridgehead atoms. The number of fused-ring (bicyclic) bond motifs is 3. The summed E-state index contributed by atoms with van der Waals surface area (Å²) in [4.78, 5) is 13.0. The molecule has 6 nitrogen and oxygen atoms in total. The van der Waals surface area contributed by atoms with Crippen LogP contribution in [-0.4, -0.2) is 44.7 Å². The molecule has 0 radical (unpaired) electrons. The first kappa shape index (κ1) is 27.0. The summed E-state index contributed by atoms with van der Waals surface area (Å²) in [5.41, 5.74) is 6.45. The molecule has 2 aliphatic rings. The summed E-state index contributed by atoms with van der Waals surface area (Å²) in [6, 6.07) is 22.6. The molecule has 1 aliphatic carbocycles. The fraction of sp³-hybridized carbons (Fsp3) is 0.344. The van der Waals surface area contributed by atoms with Gasteiger partial charge in [0.25, 0.3) is 0 Å². The first-order valence-electron chi connectivity index (χ1n) is 13.4. The second kappa shape index (κ2) is 10.6. The highest BCUT2D eigenvalue weighted by atomic mass is 16.7. The average Bonchev–Trinajstić information content (AvgIpc) is 3.34. The maximum Gasteiger partial charge on any atom is 0.492 e. The van der Waals surface area contributed by atoms with Crippen molar-refractivity contribution >= 4 is 19.3 Å². The van der Waals surface area contributed by atoms with Crippen molar-refractivity contribution in [1.82, 2.24) is 5.32 Å². The van der Waals surface area contributed by atoms with Gasteiger partial charge < -0.3 is 24.1 Å². The highest BCUT2D eigenvalue weighted by molar-refractivity contribution is 6.56. The smallest absolute Gasteiger partial charge is 0.492 e. The number of alkyl carbamates (subject to hydrolysis) is 1. The molecular formula is C32H36BNO5. The lowest BCUT2D eigenvalue weighted by atomic mass is 9.77. The van der Waals surface area contributed by atoms with E-state index in [1.54, 1.807) is 7.11 Å². The van der Waals surface area contributed by atoms with E-state index < -0.39 is 24.4 Å². The minimum absolute atomic E-state index is 0.00178. The number of ether oxygens (including phenoxy) is 2. The van der Waals surface area contributed by atoms with Crippen molar-refractivity contribution in [2.45, 2.75) is 51.7 Å². The van der Waals surface area contributed by atoms with Gasteiger partial charge in [-0.25, -0.2) is 4.79 Å². The molecule has 1 heterocycles. The van der Waals surface area contributed by atoms with E-state index in [0.717, 1.165) is 22.3 Å². The van der Waals surface area contributed by atoms with Crippen LogP contribution in [0.15, 0.2) is 72.2 Å². The standard InChI is InChI=1S/C32H36BNO5/c1-21-15-16-22(29(17-21)36-6)18-23(33-38-31(2,3)32(4,5)39-33)19-34-30(35)37-20-28-26-13-9-7-11-24(26)25-12-8-10-14-27(25)28/h7-18,28H,19-20H2,1-6H3,(H,34,35). The van der Waals surface area contributed by atoms with Gasteiger partial charge in [0.1, 0.15) is 12.4 Å². The summed E-state index contributed by atoms with van der Waals surface area (Å²) in [5, 5.41) is 2.93. The number of carbonyl (C=O) groups excluding carboxylic acids is 1. The summed E-state index contributed by atoms with van der Waals surface area (Å²) >= 11 is 0. The lowest BCUT2D eigenvalue weighted by Gasteiger charge is -2.32. The Morgan fingerprint density at radius 3 is 2.13 bits per heavy atom. The SMILES string of the molecule is COc1cc(C)ccc1C=C(CNC(=O)OCC1c2ccccc2-c2ccccc21)B1OC(C)(C)C(C)(C)O1. The van der Waals surface area contributed by atoms with E-state index in [1.807, 2.05) is 83.2 Å². The number of hydrogen-bond acceptors (Lipinski definition) is 5. The van der Waals surface area contributed by atoms with Gasteiger partial charge in [-0.05, 0) is 74.0 Å². The van der Waals surface area contributed by atoms with Crippen LogP contribution in [0.2, 0.25) is 0 Å². The van der Waals surface area contributed by atoms with Crippen LogP contribution in [0.4, 0.5) is 4.79 Å². The zero-order valence-electron chi connectivity index (χ0n) is 23.5. The van der Waals surface area contributed by atoms with Crippen molar-refractivity contribution in [3.8, 4) is 16.9 Å². The maximum absolute atomic E-state index is 13.0.